The van der Waals surface area contributed by atoms with Crippen LogP contribution in [0.25, 0.3) is 0 Å². The van der Waals surface area contributed by atoms with E-state index in [1.54, 1.807) is 0 Å². The van der Waals surface area contributed by atoms with Crippen molar-refractivity contribution >= 4 is 12.0 Å². The predicted octanol–water partition coefficient (Wildman–Crippen LogP) is -0.00950. The minimum atomic E-state index is -1.08. The van der Waals surface area contributed by atoms with Gasteiger partial charge in [0, 0.05) is 6.92 Å². The highest BCUT2D eigenvalue weighted by atomic mass is 16.6. The van der Waals surface area contributed by atoms with E-state index < -0.39 is 12.0 Å². The second-order valence-corrected chi connectivity index (χ2v) is 1.30. The van der Waals surface area contributed by atoms with Crippen LogP contribution in [0, 0.1) is 0 Å². The molecule has 0 radical (unpaired) electrons. The number of hydrogen-bond donors (Lipinski definition) is 1. The van der Waals surface area contributed by atoms with E-state index in [1.165, 1.54) is 0 Å². The molecule has 0 saturated heterocycles. The van der Waals surface area contributed by atoms with Gasteiger partial charge >= 0.3 is 6.09 Å². The van der Waals surface area contributed by atoms with Crippen LogP contribution in [0.1, 0.15) is 6.92 Å². The Morgan fingerprint density at radius 2 is 2.00 bits per heavy atom. The number of carbonyl (C=O) groups excluding carboxylic acids is 2. The summed E-state index contributed by atoms with van der Waals surface area (Å²) in [7, 11) is 1.06. The first-order valence-corrected chi connectivity index (χ1v) is 2.17. The smallest absolute Gasteiger partial charge is 0.440 e. The highest BCUT2D eigenvalue weighted by molar-refractivity contribution is 5.88. The number of methoxy groups -OCH3 is 1. The number of carbonyl (C=O) groups is 2. The van der Waals surface area contributed by atoms with E-state index in [2.05, 4.69) is 4.74 Å². The van der Waals surface area contributed by atoms with Gasteiger partial charge in [0.05, 0.1) is 7.11 Å². The van der Waals surface area contributed by atoms with Crippen LogP contribution < -0.4 is 0 Å². The van der Waals surface area contributed by atoms with Crippen molar-refractivity contribution in [1.82, 2.24) is 5.06 Å². The molecule has 52 valence electrons. The molecule has 5 heteroatoms. The fourth-order valence-electron chi connectivity index (χ4n) is 0.215. The van der Waals surface area contributed by atoms with Crippen molar-refractivity contribution in [2.45, 2.75) is 6.92 Å². The summed E-state index contributed by atoms with van der Waals surface area (Å²) in [6, 6.07) is 0. The van der Waals surface area contributed by atoms with Crippen molar-refractivity contribution in [1.29, 1.82) is 0 Å². The van der Waals surface area contributed by atoms with E-state index in [-0.39, 0.29) is 5.06 Å². The molecule has 0 spiro atoms. The van der Waals surface area contributed by atoms with Gasteiger partial charge in [-0.25, -0.2) is 4.79 Å². The third-order valence-electron chi connectivity index (χ3n) is 0.646. The molecule has 0 aliphatic heterocycles. The van der Waals surface area contributed by atoms with Crippen LogP contribution in [0.4, 0.5) is 4.79 Å². The van der Waals surface area contributed by atoms with Crippen LogP contribution in [-0.4, -0.2) is 29.4 Å². The molecule has 0 atom stereocenters. The average molecular weight is 133 g/mol. The summed E-state index contributed by atoms with van der Waals surface area (Å²) in [6.45, 7) is 1.04. The fourth-order valence-corrected chi connectivity index (χ4v) is 0.215. The average Bonchev–Trinajstić information content (AvgIpc) is 1.84. The van der Waals surface area contributed by atoms with Gasteiger partial charge in [0.2, 0.25) is 0 Å². The van der Waals surface area contributed by atoms with Gasteiger partial charge in [-0.15, -0.1) is 5.06 Å². The lowest BCUT2D eigenvalue weighted by atomic mass is 10.7. The molecular formula is C4H7NO4. The molecule has 0 aliphatic rings. The maximum absolute atomic E-state index is 10.2. The van der Waals surface area contributed by atoms with E-state index >= 15 is 0 Å². The number of ether oxygens (including phenoxy) is 1. The summed E-state index contributed by atoms with van der Waals surface area (Å²) in [5.74, 6) is -0.776. The Bertz CT molecular complexity index is 133. The number of imide groups is 1. The number of nitrogens with zero attached hydrogens (tertiary/aromatic N) is 1. The van der Waals surface area contributed by atoms with Crippen molar-refractivity contribution < 1.29 is 19.5 Å². The molecule has 0 bridgehead atoms. The van der Waals surface area contributed by atoms with Gasteiger partial charge in [-0.05, 0) is 0 Å². The van der Waals surface area contributed by atoms with E-state index in [1.807, 2.05) is 0 Å². The Labute approximate surface area is 51.8 Å². The van der Waals surface area contributed by atoms with Crippen molar-refractivity contribution in [3.63, 3.8) is 0 Å². The first kappa shape index (κ1) is 7.90. The molecule has 0 unspecified atom stereocenters. The van der Waals surface area contributed by atoms with E-state index in [0.717, 1.165) is 14.0 Å². The van der Waals surface area contributed by atoms with E-state index in [0.29, 0.717) is 0 Å². The Morgan fingerprint density at radius 1 is 1.56 bits per heavy atom. The fraction of sp³-hybridized carbons (Fsp3) is 0.500. The van der Waals surface area contributed by atoms with Gasteiger partial charge in [-0.3, -0.25) is 10.0 Å². The topological polar surface area (TPSA) is 66.8 Å². The molecule has 0 rings (SSSR count). The summed E-state index contributed by atoms with van der Waals surface area (Å²) in [5.41, 5.74) is 0. The molecule has 0 fully saturated rings. The molecule has 9 heavy (non-hydrogen) atoms. The summed E-state index contributed by atoms with van der Waals surface area (Å²) >= 11 is 0. The molecular weight excluding hydrogens is 126 g/mol. The van der Waals surface area contributed by atoms with Gasteiger partial charge in [0.25, 0.3) is 5.91 Å². The molecule has 2 amide bonds. The van der Waals surface area contributed by atoms with Gasteiger partial charge in [0.15, 0.2) is 0 Å². The molecule has 5 nitrogen and oxygen atoms in total. The Hall–Kier alpha value is -1.10. The molecule has 0 heterocycles. The third-order valence-corrected chi connectivity index (χ3v) is 0.646. The second-order valence-electron chi connectivity index (χ2n) is 1.30. The normalized spacial score (nSPS) is 8.33. The quantitative estimate of drug-likeness (QED) is 0.373. The lowest BCUT2D eigenvalue weighted by Crippen LogP contribution is -2.31. The molecule has 0 aromatic heterocycles. The van der Waals surface area contributed by atoms with Crippen molar-refractivity contribution in [2.75, 3.05) is 7.11 Å². The van der Waals surface area contributed by atoms with Gasteiger partial charge in [-0.1, -0.05) is 0 Å². The van der Waals surface area contributed by atoms with Crippen LogP contribution in [0.2, 0.25) is 0 Å². The Kier molecular flexibility index (Phi) is 2.66. The maximum atomic E-state index is 10.2. The highest BCUT2D eigenvalue weighted by Crippen LogP contribution is 1.86. The minimum absolute atomic E-state index is 0.111. The summed E-state index contributed by atoms with van der Waals surface area (Å²) < 4.78 is 3.99. The molecule has 0 aromatic carbocycles. The zero-order valence-electron chi connectivity index (χ0n) is 5.12. The monoisotopic (exact) mass is 133 g/mol. The van der Waals surface area contributed by atoms with Gasteiger partial charge < -0.3 is 4.74 Å². The number of hydroxylamine groups is 2. The van der Waals surface area contributed by atoms with Crippen LogP contribution in [-0.2, 0) is 9.53 Å². The first-order valence-electron chi connectivity index (χ1n) is 2.17. The number of hydrogen-bond acceptors (Lipinski definition) is 4. The second kappa shape index (κ2) is 3.03. The lowest BCUT2D eigenvalue weighted by molar-refractivity contribution is -0.154. The summed E-state index contributed by atoms with van der Waals surface area (Å²) in [6.07, 6.45) is -1.08. The van der Waals surface area contributed by atoms with Gasteiger partial charge in [0.1, 0.15) is 0 Å². The summed E-state index contributed by atoms with van der Waals surface area (Å²) in [5, 5.41) is 8.29. The minimum Gasteiger partial charge on any atom is -0.451 e. The number of amides is 2. The van der Waals surface area contributed by atoms with Gasteiger partial charge in [-0.2, -0.15) is 0 Å². The first-order chi connectivity index (χ1) is 4.09. The Morgan fingerprint density at radius 3 is 2.11 bits per heavy atom. The molecule has 0 aliphatic carbocycles. The highest BCUT2D eigenvalue weighted by Gasteiger charge is 2.13. The third kappa shape index (κ3) is 2.09. The van der Waals surface area contributed by atoms with Crippen LogP contribution >= 0.6 is 0 Å². The Balaban J connectivity index is 3.88. The van der Waals surface area contributed by atoms with E-state index in [9.17, 15) is 9.59 Å². The van der Waals surface area contributed by atoms with Crippen molar-refractivity contribution in [3.05, 3.63) is 0 Å². The van der Waals surface area contributed by atoms with E-state index in [4.69, 9.17) is 5.21 Å². The van der Waals surface area contributed by atoms with Crippen LogP contribution in [0.3, 0.4) is 0 Å². The molecule has 1 N–H and O–H groups in total. The maximum Gasteiger partial charge on any atom is 0.440 e. The van der Waals surface area contributed by atoms with Crippen molar-refractivity contribution in [3.8, 4) is 0 Å². The zero-order valence-corrected chi connectivity index (χ0v) is 5.12. The largest absolute Gasteiger partial charge is 0.451 e. The standard InChI is InChI=1S/C4H7NO4/c1-3(6)5(8)4(7)9-2/h8H,1-2H3. The van der Waals surface area contributed by atoms with Crippen LogP contribution in [0.5, 0.6) is 0 Å². The molecule has 0 aromatic rings. The van der Waals surface area contributed by atoms with Crippen molar-refractivity contribution in [2.24, 2.45) is 0 Å². The SMILES string of the molecule is COC(=O)N(O)C(C)=O. The lowest BCUT2D eigenvalue weighted by Gasteiger charge is -2.06. The predicted molar refractivity (Wildman–Crippen MR) is 26.7 cm³/mol. The zero-order chi connectivity index (χ0) is 7.44. The summed E-state index contributed by atoms with van der Waals surface area (Å²) in [4.78, 5) is 20.3. The van der Waals surface area contributed by atoms with Crippen LogP contribution in [0.15, 0.2) is 0 Å². The molecule has 0 saturated carbocycles. The number of rotatable bonds is 0.